The molecule has 3 aromatic rings. The second-order valence-electron chi connectivity index (χ2n) is 5.38. The van der Waals surface area contributed by atoms with Crippen LogP contribution >= 0.6 is 0 Å². The van der Waals surface area contributed by atoms with E-state index < -0.39 is 0 Å². The molecular weight excluding hydrogens is 258 g/mol. The molecule has 3 heteroatoms. The highest BCUT2D eigenvalue weighted by Crippen LogP contribution is 2.28. The van der Waals surface area contributed by atoms with Crippen LogP contribution in [0.1, 0.15) is 26.2 Å². The molecule has 2 N–H and O–H groups in total. The summed E-state index contributed by atoms with van der Waals surface area (Å²) in [6.45, 7) is 3.21. The van der Waals surface area contributed by atoms with Gasteiger partial charge in [-0.15, -0.1) is 0 Å². The Balaban J connectivity index is 2.13. The minimum absolute atomic E-state index is 0.749. The van der Waals surface area contributed by atoms with Crippen molar-refractivity contribution in [2.45, 2.75) is 32.7 Å². The Morgan fingerprint density at radius 2 is 1.81 bits per heavy atom. The van der Waals surface area contributed by atoms with Crippen LogP contribution in [0.25, 0.3) is 22.4 Å². The van der Waals surface area contributed by atoms with E-state index in [2.05, 4.69) is 41.8 Å². The predicted octanol–water partition coefficient (Wildman–Crippen LogP) is 4.48. The molecule has 0 unspecified atom stereocenters. The first-order chi connectivity index (χ1) is 10.3. The molecule has 108 valence electrons. The zero-order valence-corrected chi connectivity index (χ0v) is 12.4. The van der Waals surface area contributed by atoms with E-state index in [1.54, 1.807) is 0 Å². The fourth-order valence-corrected chi connectivity index (χ4v) is 2.72. The Kier molecular flexibility index (Phi) is 3.91. The molecule has 0 saturated heterocycles. The van der Waals surface area contributed by atoms with Crippen LogP contribution in [0, 0.1) is 0 Å². The third-order valence-corrected chi connectivity index (χ3v) is 3.83. The lowest BCUT2D eigenvalue weighted by molar-refractivity contribution is 0.617. The van der Waals surface area contributed by atoms with Gasteiger partial charge in [-0.05, 0) is 18.6 Å². The molecule has 0 aliphatic heterocycles. The number of para-hydroxylation sites is 1. The molecule has 3 rings (SSSR count). The van der Waals surface area contributed by atoms with Crippen molar-refractivity contribution in [3.8, 4) is 11.4 Å². The summed E-state index contributed by atoms with van der Waals surface area (Å²) in [5, 5.41) is 0. The molecular formula is C18H21N3. The maximum Gasteiger partial charge on any atom is 0.141 e. The molecule has 0 atom stereocenters. The van der Waals surface area contributed by atoms with Crippen LogP contribution in [0.4, 0.5) is 5.69 Å². The number of hydrogen-bond donors (Lipinski definition) is 1. The van der Waals surface area contributed by atoms with Gasteiger partial charge in [-0.25, -0.2) is 4.98 Å². The number of fused-ring (bicyclic) bond motifs is 1. The summed E-state index contributed by atoms with van der Waals surface area (Å²) in [6, 6.07) is 16.4. The molecule has 0 aliphatic rings. The number of anilines is 1. The summed E-state index contributed by atoms with van der Waals surface area (Å²) >= 11 is 0. The molecule has 0 amide bonds. The number of nitrogens with two attached hydrogens (primary N) is 1. The molecule has 0 aliphatic carbocycles. The van der Waals surface area contributed by atoms with Gasteiger partial charge in [-0.2, -0.15) is 0 Å². The van der Waals surface area contributed by atoms with Gasteiger partial charge in [0, 0.05) is 12.1 Å². The summed E-state index contributed by atoms with van der Waals surface area (Å²) in [7, 11) is 0. The van der Waals surface area contributed by atoms with E-state index in [4.69, 9.17) is 10.7 Å². The molecule has 0 bridgehead atoms. The van der Waals surface area contributed by atoms with E-state index in [9.17, 15) is 0 Å². The summed E-state index contributed by atoms with van der Waals surface area (Å²) in [5.74, 6) is 1.01. The van der Waals surface area contributed by atoms with Gasteiger partial charge in [-0.3, -0.25) is 0 Å². The van der Waals surface area contributed by atoms with Crippen LogP contribution in [0.5, 0.6) is 0 Å². The lowest BCUT2D eigenvalue weighted by atomic mass is 10.2. The van der Waals surface area contributed by atoms with Gasteiger partial charge < -0.3 is 10.3 Å². The summed E-state index contributed by atoms with van der Waals surface area (Å²) in [5.41, 5.74) is 10.0. The zero-order chi connectivity index (χ0) is 14.7. The Labute approximate surface area is 125 Å². The number of nitrogen functional groups attached to an aromatic ring is 1. The van der Waals surface area contributed by atoms with Crippen molar-refractivity contribution >= 4 is 16.7 Å². The van der Waals surface area contributed by atoms with Gasteiger partial charge in [-0.1, -0.05) is 56.2 Å². The van der Waals surface area contributed by atoms with Gasteiger partial charge in [0.05, 0.1) is 11.2 Å². The predicted molar refractivity (Wildman–Crippen MR) is 89.1 cm³/mol. The maximum atomic E-state index is 6.10. The van der Waals surface area contributed by atoms with E-state index in [1.807, 2.05) is 18.2 Å². The van der Waals surface area contributed by atoms with Gasteiger partial charge in [0.15, 0.2) is 0 Å². The Hall–Kier alpha value is -2.29. The fraction of sp³-hybridized carbons (Fsp3) is 0.278. The summed E-state index contributed by atoms with van der Waals surface area (Å²) in [6.07, 6.45) is 3.61. The number of aryl methyl sites for hydroxylation is 1. The van der Waals surface area contributed by atoms with Crippen LogP contribution in [0.2, 0.25) is 0 Å². The van der Waals surface area contributed by atoms with E-state index in [0.29, 0.717) is 0 Å². The van der Waals surface area contributed by atoms with Crippen LogP contribution in [0.15, 0.2) is 48.5 Å². The van der Waals surface area contributed by atoms with Crippen LogP contribution in [0.3, 0.4) is 0 Å². The van der Waals surface area contributed by atoms with Crippen molar-refractivity contribution in [1.29, 1.82) is 0 Å². The van der Waals surface area contributed by atoms with Crippen molar-refractivity contribution in [1.82, 2.24) is 9.55 Å². The first kappa shape index (κ1) is 13.7. The Bertz CT molecular complexity index is 729. The molecule has 0 fully saturated rings. The van der Waals surface area contributed by atoms with E-state index in [0.717, 1.165) is 41.1 Å². The van der Waals surface area contributed by atoms with E-state index in [1.165, 1.54) is 12.8 Å². The molecule has 1 heterocycles. The number of rotatable bonds is 5. The minimum Gasteiger partial charge on any atom is -0.397 e. The highest BCUT2D eigenvalue weighted by Gasteiger charge is 2.13. The number of aromatic nitrogens is 2. The van der Waals surface area contributed by atoms with Crippen molar-refractivity contribution in [2.24, 2.45) is 0 Å². The first-order valence-electron chi connectivity index (χ1n) is 7.61. The summed E-state index contributed by atoms with van der Waals surface area (Å²) in [4.78, 5) is 4.80. The standard InChI is InChI=1S/C18H21N3/c1-2-3-7-13-21-16-12-8-11-15(19)17(16)20-18(21)14-9-5-4-6-10-14/h4-6,8-12H,2-3,7,13,19H2,1H3. The van der Waals surface area contributed by atoms with Gasteiger partial charge in [0.2, 0.25) is 0 Å². The van der Waals surface area contributed by atoms with E-state index in [-0.39, 0.29) is 0 Å². The third-order valence-electron chi connectivity index (χ3n) is 3.83. The average Bonchev–Trinajstić information content (AvgIpc) is 2.89. The first-order valence-corrected chi connectivity index (χ1v) is 7.61. The van der Waals surface area contributed by atoms with Crippen molar-refractivity contribution in [3.05, 3.63) is 48.5 Å². The second-order valence-corrected chi connectivity index (χ2v) is 5.38. The number of imidazole rings is 1. The minimum atomic E-state index is 0.749. The van der Waals surface area contributed by atoms with Crippen LogP contribution in [-0.4, -0.2) is 9.55 Å². The number of benzene rings is 2. The Morgan fingerprint density at radius 1 is 1.00 bits per heavy atom. The lowest BCUT2D eigenvalue weighted by Gasteiger charge is -2.09. The van der Waals surface area contributed by atoms with E-state index >= 15 is 0 Å². The zero-order valence-electron chi connectivity index (χ0n) is 12.4. The van der Waals surface area contributed by atoms with Crippen molar-refractivity contribution < 1.29 is 0 Å². The molecule has 21 heavy (non-hydrogen) atoms. The van der Waals surface area contributed by atoms with Crippen LogP contribution in [-0.2, 0) is 6.54 Å². The summed E-state index contributed by atoms with van der Waals surface area (Å²) < 4.78 is 2.30. The Morgan fingerprint density at radius 3 is 2.57 bits per heavy atom. The third kappa shape index (κ3) is 2.64. The quantitative estimate of drug-likeness (QED) is 0.553. The normalized spacial score (nSPS) is 11.1. The molecule has 0 spiro atoms. The van der Waals surface area contributed by atoms with Crippen LogP contribution < -0.4 is 5.73 Å². The largest absolute Gasteiger partial charge is 0.397 e. The topological polar surface area (TPSA) is 43.8 Å². The number of unbranched alkanes of at least 4 members (excludes halogenated alkanes) is 2. The molecule has 0 saturated carbocycles. The SMILES string of the molecule is CCCCCn1c(-c2ccccc2)nc2c(N)cccc21. The highest BCUT2D eigenvalue weighted by atomic mass is 15.1. The van der Waals surface area contributed by atoms with Crippen molar-refractivity contribution in [2.75, 3.05) is 5.73 Å². The number of hydrogen-bond acceptors (Lipinski definition) is 2. The average molecular weight is 279 g/mol. The lowest BCUT2D eigenvalue weighted by Crippen LogP contribution is -2.00. The molecule has 1 aromatic heterocycles. The smallest absolute Gasteiger partial charge is 0.141 e. The van der Waals surface area contributed by atoms with Crippen molar-refractivity contribution in [3.63, 3.8) is 0 Å². The van der Waals surface area contributed by atoms with Gasteiger partial charge in [0.25, 0.3) is 0 Å². The molecule has 0 radical (unpaired) electrons. The van der Waals surface area contributed by atoms with Gasteiger partial charge >= 0.3 is 0 Å². The maximum absolute atomic E-state index is 6.10. The monoisotopic (exact) mass is 279 g/mol. The molecule has 2 aromatic carbocycles. The second kappa shape index (κ2) is 6.00. The molecule has 3 nitrogen and oxygen atoms in total. The highest BCUT2D eigenvalue weighted by molar-refractivity contribution is 5.90. The fourth-order valence-electron chi connectivity index (χ4n) is 2.72. The number of nitrogens with zero attached hydrogens (tertiary/aromatic N) is 2. The van der Waals surface area contributed by atoms with Gasteiger partial charge in [0.1, 0.15) is 11.3 Å².